The molecule has 2 aromatic rings. The quantitative estimate of drug-likeness (QED) is 0.377. The second-order valence-electron chi connectivity index (χ2n) is 11.3. The first-order valence-electron chi connectivity index (χ1n) is 10.9. The summed E-state index contributed by atoms with van der Waals surface area (Å²) in [5.41, 5.74) is 2.28. The van der Waals surface area contributed by atoms with E-state index in [1.165, 1.54) is 0 Å². The van der Waals surface area contributed by atoms with Gasteiger partial charge in [-0.2, -0.15) is 0 Å². The SMILES string of the molecule is Cc1cc(O[Si](C)(C)C)c2c(c1)C(=O)c1cc(O[Si](C)(C)C)cc(O[Si](C)(C)C)c1C2=O. The van der Waals surface area contributed by atoms with Crippen molar-refractivity contribution in [2.45, 2.75) is 65.8 Å². The van der Waals surface area contributed by atoms with Crippen LogP contribution in [0.25, 0.3) is 0 Å². The molecule has 3 rings (SSSR count). The first-order chi connectivity index (χ1) is 14.5. The van der Waals surface area contributed by atoms with Crippen molar-refractivity contribution in [3.05, 3.63) is 52.1 Å². The number of rotatable bonds is 6. The van der Waals surface area contributed by atoms with Crippen molar-refractivity contribution >= 4 is 36.5 Å². The third-order valence-corrected chi connectivity index (χ3v) is 7.03. The van der Waals surface area contributed by atoms with E-state index in [4.69, 9.17) is 13.3 Å². The van der Waals surface area contributed by atoms with Crippen LogP contribution in [0.15, 0.2) is 24.3 Å². The van der Waals surface area contributed by atoms with Crippen molar-refractivity contribution in [2.75, 3.05) is 0 Å². The zero-order valence-electron chi connectivity index (χ0n) is 20.9. The molecule has 0 spiro atoms. The van der Waals surface area contributed by atoms with Crippen LogP contribution < -0.4 is 13.3 Å². The fraction of sp³-hybridized carbons (Fsp3) is 0.417. The molecule has 0 unspecified atom stereocenters. The van der Waals surface area contributed by atoms with Gasteiger partial charge in [0.15, 0.2) is 5.78 Å². The van der Waals surface area contributed by atoms with Crippen LogP contribution in [-0.2, 0) is 0 Å². The van der Waals surface area contributed by atoms with Crippen molar-refractivity contribution < 1.29 is 22.9 Å². The van der Waals surface area contributed by atoms with Gasteiger partial charge in [-0.15, -0.1) is 0 Å². The Balaban J connectivity index is 2.28. The molecular formula is C24H34O5Si3. The van der Waals surface area contributed by atoms with E-state index in [2.05, 4.69) is 58.9 Å². The predicted molar refractivity (Wildman–Crippen MR) is 136 cm³/mol. The van der Waals surface area contributed by atoms with Crippen LogP contribution in [0.3, 0.4) is 0 Å². The first-order valence-corrected chi connectivity index (χ1v) is 21.2. The fourth-order valence-electron chi connectivity index (χ4n) is 3.67. The average Bonchev–Trinajstić information content (AvgIpc) is 2.54. The van der Waals surface area contributed by atoms with Crippen LogP contribution >= 0.6 is 0 Å². The van der Waals surface area contributed by atoms with E-state index < -0.39 is 25.0 Å². The van der Waals surface area contributed by atoms with Crippen molar-refractivity contribution in [3.63, 3.8) is 0 Å². The summed E-state index contributed by atoms with van der Waals surface area (Å²) in [6.07, 6.45) is 0. The van der Waals surface area contributed by atoms with Crippen molar-refractivity contribution in [1.29, 1.82) is 0 Å². The maximum Gasteiger partial charge on any atom is 0.242 e. The summed E-state index contributed by atoms with van der Waals surface area (Å²) in [6.45, 7) is 20.5. The van der Waals surface area contributed by atoms with E-state index in [0.29, 0.717) is 39.5 Å². The minimum atomic E-state index is -2.07. The highest BCUT2D eigenvalue weighted by Gasteiger charge is 2.38. The molecule has 0 fully saturated rings. The Hall–Kier alpha value is -2.17. The van der Waals surface area contributed by atoms with Gasteiger partial charge in [0.25, 0.3) is 0 Å². The maximum absolute atomic E-state index is 13.9. The van der Waals surface area contributed by atoms with E-state index in [1.807, 2.05) is 13.0 Å². The molecule has 1 aliphatic carbocycles. The van der Waals surface area contributed by atoms with Gasteiger partial charge < -0.3 is 13.3 Å². The molecule has 0 heterocycles. The molecule has 8 heteroatoms. The minimum absolute atomic E-state index is 0.194. The maximum atomic E-state index is 13.9. The summed E-state index contributed by atoms with van der Waals surface area (Å²) in [5, 5.41) is 0. The largest absolute Gasteiger partial charge is 0.544 e. The number of carbonyl (C=O) groups is 2. The van der Waals surface area contributed by atoms with E-state index in [9.17, 15) is 9.59 Å². The molecule has 0 N–H and O–H groups in total. The molecule has 0 radical (unpaired) electrons. The summed E-state index contributed by atoms with van der Waals surface area (Å²) >= 11 is 0. The van der Waals surface area contributed by atoms with Crippen LogP contribution in [0.5, 0.6) is 17.2 Å². The predicted octanol–water partition coefficient (Wildman–Crippen LogP) is 6.41. The standard InChI is InChI=1S/C24H34O5Si3/c1-15-11-17-21(19(12-15)28-31(5,6)7)24(26)22-18(23(17)25)13-16(27-30(2,3)4)14-20(22)29-32(8,9)10/h11-14H,1-10H3. The topological polar surface area (TPSA) is 61.8 Å². The molecule has 0 atom stereocenters. The highest BCUT2D eigenvalue weighted by atomic mass is 28.4. The summed E-state index contributed by atoms with van der Waals surface area (Å²) in [5.74, 6) is 1.07. The van der Waals surface area contributed by atoms with E-state index in [0.717, 1.165) is 5.56 Å². The van der Waals surface area contributed by atoms with Gasteiger partial charge in [-0.05, 0) is 89.6 Å². The lowest BCUT2D eigenvalue weighted by Gasteiger charge is -2.29. The molecule has 2 aromatic carbocycles. The highest BCUT2D eigenvalue weighted by molar-refractivity contribution is 6.71. The van der Waals surface area contributed by atoms with E-state index >= 15 is 0 Å². The van der Waals surface area contributed by atoms with Crippen LogP contribution in [0, 0.1) is 6.92 Å². The monoisotopic (exact) mass is 486 g/mol. The average molecular weight is 487 g/mol. The van der Waals surface area contributed by atoms with Gasteiger partial charge in [-0.3, -0.25) is 9.59 Å². The molecule has 0 saturated heterocycles. The Morgan fingerprint density at radius 1 is 0.562 bits per heavy atom. The molecule has 0 aliphatic heterocycles. The second-order valence-corrected chi connectivity index (χ2v) is 24.6. The lowest BCUT2D eigenvalue weighted by atomic mass is 9.82. The number of benzene rings is 2. The lowest BCUT2D eigenvalue weighted by Crippen LogP contribution is -2.34. The Morgan fingerprint density at radius 2 is 1.00 bits per heavy atom. The summed E-state index contributed by atoms with van der Waals surface area (Å²) in [7, 11) is -6.03. The summed E-state index contributed by atoms with van der Waals surface area (Å²) in [4.78, 5) is 27.5. The molecule has 5 nitrogen and oxygen atoms in total. The number of hydrogen-bond donors (Lipinski definition) is 0. The molecule has 0 bridgehead atoms. The van der Waals surface area contributed by atoms with Crippen molar-refractivity contribution in [1.82, 2.24) is 0 Å². The van der Waals surface area contributed by atoms with Gasteiger partial charge >= 0.3 is 0 Å². The molecule has 172 valence electrons. The first kappa shape index (κ1) is 24.5. The number of fused-ring (bicyclic) bond motifs is 2. The van der Waals surface area contributed by atoms with Gasteiger partial charge in [0, 0.05) is 17.2 Å². The molecule has 0 saturated carbocycles. The van der Waals surface area contributed by atoms with Crippen molar-refractivity contribution in [3.8, 4) is 17.2 Å². The van der Waals surface area contributed by atoms with E-state index in [-0.39, 0.29) is 11.6 Å². The highest BCUT2D eigenvalue weighted by Crippen LogP contribution is 2.41. The van der Waals surface area contributed by atoms with Gasteiger partial charge in [0.2, 0.25) is 30.7 Å². The molecule has 1 aliphatic rings. The van der Waals surface area contributed by atoms with Crippen molar-refractivity contribution in [2.24, 2.45) is 0 Å². The van der Waals surface area contributed by atoms with Crippen LogP contribution in [0.4, 0.5) is 0 Å². The zero-order chi connectivity index (χ0) is 24.2. The Kier molecular flexibility index (Phi) is 6.12. The summed E-state index contributed by atoms with van der Waals surface area (Å²) < 4.78 is 18.8. The van der Waals surface area contributed by atoms with Gasteiger partial charge in [0.05, 0.1) is 11.1 Å². The normalized spacial score (nSPS) is 14.1. The smallest absolute Gasteiger partial charge is 0.242 e. The number of hydrogen-bond acceptors (Lipinski definition) is 5. The summed E-state index contributed by atoms with van der Waals surface area (Å²) in [6, 6.07) is 7.11. The van der Waals surface area contributed by atoms with Crippen LogP contribution in [0.2, 0.25) is 58.9 Å². The van der Waals surface area contributed by atoms with Gasteiger partial charge in [-0.25, -0.2) is 0 Å². The van der Waals surface area contributed by atoms with Crippen LogP contribution in [-0.4, -0.2) is 36.5 Å². The van der Waals surface area contributed by atoms with Crippen LogP contribution in [0.1, 0.15) is 37.4 Å². The number of ketones is 2. The third kappa shape index (κ3) is 5.41. The van der Waals surface area contributed by atoms with E-state index in [1.54, 1.807) is 18.2 Å². The number of aryl methyl sites for hydroxylation is 1. The Bertz CT molecular complexity index is 1100. The Morgan fingerprint density at radius 3 is 1.47 bits per heavy atom. The molecule has 0 amide bonds. The van der Waals surface area contributed by atoms with Gasteiger partial charge in [0.1, 0.15) is 17.2 Å². The lowest BCUT2D eigenvalue weighted by molar-refractivity contribution is 0.0975. The second kappa shape index (κ2) is 8.00. The molecule has 32 heavy (non-hydrogen) atoms. The fourth-order valence-corrected chi connectivity index (χ4v) is 6.14. The zero-order valence-corrected chi connectivity index (χ0v) is 23.9. The Labute approximate surface area is 194 Å². The molecule has 0 aromatic heterocycles. The third-order valence-electron chi connectivity index (χ3n) is 4.52. The van der Waals surface area contributed by atoms with Gasteiger partial charge in [-0.1, -0.05) is 0 Å². The minimum Gasteiger partial charge on any atom is -0.544 e. The number of carbonyl (C=O) groups excluding carboxylic acids is 2. The molecular weight excluding hydrogens is 453 g/mol.